The quantitative estimate of drug-likeness (QED) is 0.0710. The fourth-order valence-corrected chi connectivity index (χ4v) is 4.52. The number of rotatable bonds is 11. The second-order valence-electron chi connectivity index (χ2n) is 9.93. The molecule has 1 fully saturated rings. The molecule has 4 aromatic carbocycles. The standard InChI is InChI=1S/C33H26N2O10/c1-42-26-14-16-28(17-15-26)44-27-12-8-24(9-13-27)34-19-23(18-31(34)37)32(38)43-20-30(36)21-4-10-29(11-5-21)45-33(39)22-2-6-25(7-3-22)35(40)41/h2-17,23H,18-20H2,1H3/t23-/m1/s1. The number of hydrogen-bond donors (Lipinski definition) is 0. The van der Waals surface area contributed by atoms with E-state index >= 15 is 0 Å². The highest BCUT2D eigenvalue weighted by atomic mass is 16.6. The minimum atomic E-state index is -0.735. The first-order valence-electron chi connectivity index (χ1n) is 13.7. The molecule has 1 saturated heterocycles. The van der Waals surface area contributed by atoms with Crippen LogP contribution in [0.4, 0.5) is 11.4 Å². The number of non-ortho nitro benzene ring substituents is 1. The number of ether oxygens (including phenoxy) is 4. The van der Waals surface area contributed by atoms with Crippen LogP contribution in [0.25, 0.3) is 0 Å². The Bertz CT molecular complexity index is 1720. The summed E-state index contributed by atoms with van der Waals surface area (Å²) in [6.45, 7) is -0.414. The lowest BCUT2D eigenvalue weighted by molar-refractivity contribution is -0.384. The summed E-state index contributed by atoms with van der Waals surface area (Å²) in [7, 11) is 1.58. The number of ketones is 1. The smallest absolute Gasteiger partial charge is 0.343 e. The zero-order valence-corrected chi connectivity index (χ0v) is 23.9. The average molecular weight is 611 g/mol. The molecule has 12 nitrogen and oxygen atoms in total. The van der Waals surface area contributed by atoms with E-state index in [1.807, 2.05) is 0 Å². The maximum atomic E-state index is 12.7. The van der Waals surface area contributed by atoms with E-state index in [0.717, 1.165) is 0 Å². The van der Waals surface area contributed by atoms with Crippen LogP contribution in [0, 0.1) is 16.0 Å². The lowest BCUT2D eigenvalue weighted by Crippen LogP contribution is -2.27. The van der Waals surface area contributed by atoms with Gasteiger partial charge in [-0.15, -0.1) is 0 Å². The minimum absolute atomic E-state index is 0.0497. The van der Waals surface area contributed by atoms with E-state index < -0.39 is 35.2 Å². The zero-order valence-electron chi connectivity index (χ0n) is 23.9. The van der Waals surface area contributed by atoms with Crippen LogP contribution in [-0.2, 0) is 14.3 Å². The van der Waals surface area contributed by atoms with Gasteiger partial charge < -0.3 is 23.8 Å². The van der Waals surface area contributed by atoms with Crippen molar-refractivity contribution in [3.05, 3.63) is 118 Å². The topological polar surface area (TPSA) is 152 Å². The number of benzene rings is 4. The molecule has 1 aliphatic heterocycles. The average Bonchev–Trinajstić information content (AvgIpc) is 3.46. The van der Waals surface area contributed by atoms with Gasteiger partial charge >= 0.3 is 11.9 Å². The fraction of sp³-hybridized carbons (Fsp3) is 0.152. The van der Waals surface area contributed by atoms with E-state index in [9.17, 15) is 29.3 Å². The first-order chi connectivity index (χ1) is 21.7. The molecule has 12 heteroatoms. The van der Waals surface area contributed by atoms with Crippen LogP contribution >= 0.6 is 0 Å². The van der Waals surface area contributed by atoms with E-state index in [-0.39, 0.29) is 41.4 Å². The summed E-state index contributed by atoms with van der Waals surface area (Å²) in [5, 5.41) is 10.8. The normalized spacial score (nSPS) is 14.0. The van der Waals surface area contributed by atoms with Crippen molar-refractivity contribution in [1.82, 2.24) is 0 Å². The Morgan fingerprint density at radius 2 is 1.36 bits per heavy atom. The number of nitro groups is 1. The van der Waals surface area contributed by atoms with Crippen LogP contribution in [-0.4, -0.2) is 48.8 Å². The molecule has 0 unspecified atom stereocenters. The number of carbonyl (C=O) groups is 4. The molecule has 0 radical (unpaired) electrons. The van der Waals surface area contributed by atoms with E-state index in [1.54, 1.807) is 55.6 Å². The van der Waals surface area contributed by atoms with Gasteiger partial charge in [0.05, 0.1) is 23.5 Å². The van der Waals surface area contributed by atoms with Crippen molar-refractivity contribution >= 4 is 35.0 Å². The molecule has 0 spiro atoms. The molecule has 4 aromatic rings. The Morgan fingerprint density at radius 3 is 1.96 bits per heavy atom. The number of anilines is 1. The number of carbonyl (C=O) groups excluding carboxylic acids is 4. The molecule has 5 rings (SSSR count). The van der Waals surface area contributed by atoms with Gasteiger partial charge in [0.2, 0.25) is 5.91 Å². The lowest BCUT2D eigenvalue weighted by atomic mass is 10.1. The van der Waals surface area contributed by atoms with E-state index in [0.29, 0.717) is 22.9 Å². The van der Waals surface area contributed by atoms with Gasteiger partial charge in [0.15, 0.2) is 12.4 Å². The van der Waals surface area contributed by atoms with Crippen LogP contribution in [0.15, 0.2) is 97.1 Å². The first-order valence-corrected chi connectivity index (χ1v) is 13.7. The van der Waals surface area contributed by atoms with Crippen molar-refractivity contribution in [2.24, 2.45) is 5.92 Å². The predicted molar refractivity (Wildman–Crippen MR) is 160 cm³/mol. The molecule has 1 aliphatic rings. The number of Topliss-reactive ketones (excluding diaryl/α,β-unsaturated/α-hetero) is 1. The van der Waals surface area contributed by atoms with Gasteiger partial charge in [0, 0.05) is 36.3 Å². The number of amides is 1. The van der Waals surface area contributed by atoms with Crippen LogP contribution < -0.4 is 19.1 Å². The summed E-state index contributed by atoms with van der Waals surface area (Å²) >= 11 is 0. The monoisotopic (exact) mass is 610 g/mol. The second kappa shape index (κ2) is 13.5. The van der Waals surface area contributed by atoms with Gasteiger partial charge in [0.1, 0.15) is 23.0 Å². The highest BCUT2D eigenvalue weighted by Crippen LogP contribution is 2.30. The molecule has 0 bridgehead atoms. The molecule has 1 atom stereocenters. The second-order valence-corrected chi connectivity index (χ2v) is 9.93. The molecule has 0 N–H and O–H groups in total. The van der Waals surface area contributed by atoms with Crippen LogP contribution in [0.2, 0.25) is 0 Å². The highest BCUT2D eigenvalue weighted by Gasteiger charge is 2.36. The number of nitrogens with zero attached hydrogens (tertiary/aromatic N) is 2. The third-order valence-corrected chi connectivity index (χ3v) is 6.95. The maximum Gasteiger partial charge on any atom is 0.343 e. The predicted octanol–water partition coefficient (Wildman–Crippen LogP) is 5.39. The Hall–Kier alpha value is -6.04. The number of nitro benzene ring substituents is 1. The van der Waals surface area contributed by atoms with Crippen molar-refractivity contribution in [3.63, 3.8) is 0 Å². The van der Waals surface area contributed by atoms with E-state index in [2.05, 4.69) is 0 Å². The van der Waals surface area contributed by atoms with Crippen molar-refractivity contribution in [2.75, 3.05) is 25.2 Å². The molecule has 0 aliphatic carbocycles. The van der Waals surface area contributed by atoms with Gasteiger partial charge in [0.25, 0.3) is 5.69 Å². The van der Waals surface area contributed by atoms with E-state index in [1.165, 1.54) is 53.4 Å². The van der Waals surface area contributed by atoms with Crippen molar-refractivity contribution in [2.45, 2.75) is 6.42 Å². The van der Waals surface area contributed by atoms with Crippen molar-refractivity contribution in [1.29, 1.82) is 0 Å². The van der Waals surface area contributed by atoms with Crippen molar-refractivity contribution < 1.29 is 43.0 Å². The van der Waals surface area contributed by atoms with E-state index in [4.69, 9.17) is 18.9 Å². The largest absolute Gasteiger partial charge is 0.497 e. The van der Waals surface area contributed by atoms with Gasteiger partial charge in [-0.2, -0.15) is 0 Å². The summed E-state index contributed by atoms with van der Waals surface area (Å²) in [5.41, 5.74) is 0.781. The molecular weight excluding hydrogens is 584 g/mol. The molecule has 228 valence electrons. The Balaban J connectivity index is 1.09. The van der Waals surface area contributed by atoms with Gasteiger partial charge in [-0.3, -0.25) is 24.5 Å². The van der Waals surface area contributed by atoms with Gasteiger partial charge in [-0.1, -0.05) is 0 Å². The molecule has 1 amide bonds. The lowest BCUT2D eigenvalue weighted by Gasteiger charge is -2.17. The SMILES string of the molecule is COc1ccc(Oc2ccc(N3C[C@H](C(=O)OCC(=O)c4ccc(OC(=O)c5ccc([N+](=O)[O-])cc5)cc4)CC3=O)cc2)cc1. The van der Waals surface area contributed by atoms with Crippen molar-refractivity contribution in [3.8, 4) is 23.0 Å². The Kier molecular flexibility index (Phi) is 9.13. The summed E-state index contributed by atoms with van der Waals surface area (Å²) in [5.74, 6) is -0.795. The molecule has 0 aromatic heterocycles. The number of esters is 2. The summed E-state index contributed by atoms with van der Waals surface area (Å²) in [6.07, 6.45) is -0.0497. The van der Waals surface area contributed by atoms with Gasteiger partial charge in [-0.25, -0.2) is 4.79 Å². The van der Waals surface area contributed by atoms with Gasteiger partial charge in [-0.05, 0) is 84.9 Å². The summed E-state index contributed by atoms with van der Waals surface area (Å²) in [4.78, 5) is 62.0. The zero-order chi connectivity index (χ0) is 31.9. The number of hydrogen-bond acceptors (Lipinski definition) is 10. The summed E-state index contributed by atoms with van der Waals surface area (Å²) in [6, 6.07) is 24.6. The fourth-order valence-electron chi connectivity index (χ4n) is 4.52. The third-order valence-electron chi connectivity index (χ3n) is 6.95. The molecule has 1 heterocycles. The van der Waals surface area contributed by atoms with Crippen LogP contribution in [0.1, 0.15) is 27.1 Å². The minimum Gasteiger partial charge on any atom is -0.497 e. The third kappa shape index (κ3) is 7.49. The molecule has 45 heavy (non-hydrogen) atoms. The Labute approximate surface area is 256 Å². The highest BCUT2D eigenvalue weighted by molar-refractivity contribution is 6.01. The molecular formula is C33H26N2O10. The first kappa shape index (κ1) is 30.4. The maximum absolute atomic E-state index is 12.7. The Morgan fingerprint density at radius 1 is 0.800 bits per heavy atom. The summed E-state index contributed by atoms with van der Waals surface area (Å²) < 4.78 is 21.4. The van der Waals surface area contributed by atoms with Crippen LogP contribution in [0.5, 0.6) is 23.0 Å². The molecule has 0 saturated carbocycles. The van der Waals surface area contributed by atoms with Crippen LogP contribution in [0.3, 0.4) is 0 Å². The number of methoxy groups -OCH3 is 1.